The molecular weight excluding hydrogens is 338 g/mol. The molecular formula is C21H25N5O. The van der Waals surface area contributed by atoms with Crippen molar-refractivity contribution in [3.63, 3.8) is 0 Å². The van der Waals surface area contributed by atoms with Crippen LogP contribution in [0.5, 0.6) is 0 Å². The first-order chi connectivity index (χ1) is 13.1. The van der Waals surface area contributed by atoms with Gasteiger partial charge in [-0.15, -0.1) is 0 Å². The van der Waals surface area contributed by atoms with Crippen LogP contribution < -0.4 is 5.32 Å². The Morgan fingerprint density at radius 1 is 1.26 bits per heavy atom. The lowest BCUT2D eigenvalue weighted by atomic mass is 10.0. The Bertz CT molecular complexity index is 942. The fourth-order valence-corrected chi connectivity index (χ4v) is 3.78. The Balaban J connectivity index is 1.35. The Morgan fingerprint density at radius 2 is 2.07 bits per heavy atom. The van der Waals surface area contributed by atoms with E-state index >= 15 is 0 Å². The van der Waals surface area contributed by atoms with E-state index < -0.39 is 0 Å². The highest BCUT2D eigenvalue weighted by Gasteiger charge is 2.23. The number of amides is 1. The van der Waals surface area contributed by atoms with Crippen molar-refractivity contribution in [1.82, 2.24) is 25.0 Å². The third kappa shape index (κ3) is 3.71. The van der Waals surface area contributed by atoms with Crippen molar-refractivity contribution in [2.24, 2.45) is 7.05 Å². The van der Waals surface area contributed by atoms with Crippen LogP contribution in [0.2, 0.25) is 0 Å². The van der Waals surface area contributed by atoms with Crippen molar-refractivity contribution in [3.05, 3.63) is 59.5 Å². The molecule has 1 amide bonds. The van der Waals surface area contributed by atoms with Crippen LogP contribution in [0.1, 0.15) is 34.5 Å². The summed E-state index contributed by atoms with van der Waals surface area (Å²) in [6.45, 7) is 4.40. The topological polar surface area (TPSA) is 63.1 Å². The van der Waals surface area contributed by atoms with Crippen LogP contribution in [0.4, 0.5) is 0 Å². The van der Waals surface area contributed by atoms with Gasteiger partial charge in [0, 0.05) is 50.5 Å². The van der Waals surface area contributed by atoms with E-state index in [-0.39, 0.29) is 5.91 Å². The maximum absolute atomic E-state index is 12.5. The van der Waals surface area contributed by atoms with Gasteiger partial charge in [-0.05, 0) is 44.0 Å². The summed E-state index contributed by atoms with van der Waals surface area (Å²) < 4.78 is 1.95. The molecule has 6 nitrogen and oxygen atoms in total. The molecule has 1 aliphatic rings. The van der Waals surface area contributed by atoms with Crippen LogP contribution in [-0.2, 0) is 13.6 Å². The number of likely N-dealkylation sites (tertiary alicyclic amines) is 1. The molecule has 0 radical (unpaired) electrons. The number of benzene rings is 1. The van der Waals surface area contributed by atoms with E-state index in [4.69, 9.17) is 0 Å². The van der Waals surface area contributed by atoms with E-state index in [9.17, 15) is 4.79 Å². The van der Waals surface area contributed by atoms with E-state index in [1.54, 1.807) is 18.5 Å². The smallest absolute Gasteiger partial charge is 0.255 e. The molecule has 3 aromatic rings. The molecule has 0 bridgehead atoms. The zero-order chi connectivity index (χ0) is 18.8. The number of rotatable bonds is 4. The van der Waals surface area contributed by atoms with Gasteiger partial charge < -0.3 is 10.2 Å². The Labute approximate surface area is 159 Å². The molecule has 3 heterocycles. The molecule has 140 valence electrons. The lowest BCUT2D eigenvalue weighted by Gasteiger charge is -2.32. The largest absolute Gasteiger partial charge is 0.338 e. The molecule has 1 saturated heterocycles. The maximum atomic E-state index is 12.5. The number of hydrogen-bond acceptors (Lipinski definition) is 4. The molecule has 1 aromatic carbocycles. The van der Waals surface area contributed by atoms with Gasteiger partial charge >= 0.3 is 0 Å². The summed E-state index contributed by atoms with van der Waals surface area (Å²) in [5.74, 6) is 0.0766. The molecule has 0 saturated carbocycles. The van der Waals surface area contributed by atoms with E-state index in [0.717, 1.165) is 43.7 Å². The quantitative estimate of drug-likeness (QED) is 0.774. The summed E-state index contributed by atoms with van der Waals surface area (Å²) in [6, 6.07) is 10.5. The number of pyridine rings is 1. The van der Waals surface area contributed by atoms with Gasteiger partial charge in [0.15, 0.2) is 0 Å². The number of carbonyl (C=O) groups is 1. The summed E-state index contributed by atoms with van der Waals surface area (Å²) in [5, 5.41) is 9.53. The zero-order valence-corrected chi connectivity index (χ0v) is 15.9. The minimum absolute atomic E-state index is 0.0766. The second-order valence-corrected chi connectivity index (χ2v) is 7.28. The average molecular weight is 363 g/mol. The third-order valence-corrected chi connectivity index (χ3v) is 5.33. The standard InChI is InChI=1S/C21H25N5O/c1-15-5-6-20-18(12-15)19(24-25(20)2)14-23-17-7-10-26(11-8-17)21(27)16-4-3-9-22-13-16/h3-6,9,12-13,17,23H,7-8,10-11,14H2,1-2H3. The highest BCUT2D eigenvalue weighted by Crippen LogP contribution is 2.20. The van der Waals surface area contributed by atoms with Gasteiger partial charge in [0.25, 0.3) is 5.91 Å². The SMILES string of the molecule is Cc1ccc2c(c1)c(CNC1CCN(C(=O)c3cccnc3)CC1)nn2C. The molecule has 27 heavy (non-hydrogen) atoms. The van der Waals surface area contributed by atoms with Gasteiger partial charge in [0.05, 0.1) is 16.8 Å². The summed E-state index contributed by atoms with van der Waals surface area (Å²) in [7, 11) is 1.99. The van der Waals surface area contributed by atoms with Crippen molar-refractivity contribution in [3.8, 4) is 0 Å². The van der Waals surface area contributed by atoms with Crippen molar-refractivity contribution < 1.29 is 4.79 Å². The first-order valence-electron chi connectivity index (χ1n) is 9.47. The second kappa shape index (κ2) is 7.48. The minimum Gasteiger partial charge on any atom is -0.338 e. The average Bonchev–Trinajstić information content (AvgIpc) is 3.02. The Morgan fingerprint density at radius 3 is 2.81 bits per heavy atom. The first-order valence-corrected chi connectivity index (χ1v) is 9.47. The number of fused-ring (bicyclic) bond motifs is 1. The van der Waals surface area contributed by atoms with E-state index in [1.807, 2.05) is 22.7 Å². The highest BCUT2D eigenvalue weighted by atomic mass is 16.2. The molecule has 2 aromatic heterocycles. The lowest BCUT2D eigenvalue weighted by molar-refractivity contribution is 0.0704. The summed E-state index contributed by atoms with van der Waals surface area (Å²) in [6.07, 6.45) is 5.24. The van der Waals surface area contributed by atoms with Gasteiger partial charge in [-0.3, -0.25) is 14.5 Å². The number of nitrogens with one attached hydrogen (secondary N) is 1. The zero-order valence-electron chi connectivity index (χ0n) is 15.9. The van der Waals surface area contributed by atoms with E-state index in [0.29, 0.717) is 11.6 Å². The first kappa shape index (κ1) is 17.7. The number of nitrogens with zero attached hydrogens (tertiary/aromatic N) is 4. The number of aromatic nitrogens is 3. The molecule has 0 aliphatic carbocycles. The Hall–Kier alpha value is -2.73. The van der Waals surface area contributed by atoms with Crippen molar-refractivity contribution in [2.75, 3.05) is 13.1 Å². The molecule has 1 fully saturated rings. The van der Waals surface area contributed by atoms with E-state index in [1.165, 1.54) is 10.9 Å². The fourth-order valence-electron chi connectivity index (χ4n) is 3.78. The fraction of sp³-hybridized carbons (Fsp3) is 0.381. The van der Waals surface area contributed by atoms with Crippen LogP contribution in [0, 0.1) is 6.92 Å². The van der Waals surface area contributed by atoms with E-state index in [2.05, 4.69) is 40.5 Å². The molecule has 1 aliphatic heterocycles. The summed E-state index contributed by atoms with van der Waals surface area (Å²) in [5.41, 5.74) is 4.16. The van der Waals surface area contributed by atoms with Gasteiger partial charge in [-0.25, -0.2) is 0 Å². The van der Waals surface area contributed by atoms with Crippen LogP contribution in [0.25, 0.3) is 10.9 Å². The normalized spacial score (nSPS) is 15.4. The number of aryl methyl sites for hydroxylation is 2. The monoisotopic (exact) mass is 363 g/mol. The van der Waals surface area contributed by atoms with Crippen molar-refractivity contribution >= 4 is 16.8 Å². The molecule has 0 atom stereocenters. The predicted molar refractivity (Wildman–Crippen MR) is 105 cm³/mol. The van der Waals surface area contributed by atoms with Crippen molar-refractivity contribution in [1.29, 1.82) is 0 Å². The third-order valence-electron chi connectivity index (χ3n) is 5.33. The van der Waals surface area contributed by atoms with Crippen molar-refractivity contribution in [2.45, 2.75) is 32.4 Å². The van der Waals surface area contributed by atoms with Gasteiger partial charge in [0.2, 0.25) is 0 Å². The molecule has 0 spiro atoms. The van der Waals surface area contributed by atoms with Crippen LogP contribution >= 0.6 is 0 Å². The molecule has 0 unspecified atom stereocenters. The Kier molecular flexibility index (Phi) is 4.90. The second-order valence-electron chi connectivity index (χ2n) is 7.28. The summed E-state index contributed by atoms with van der Waals surface area (Å²) in [4.78, 5) is 18.5. The highest BCUT2D eigenvalue weighted by molar-refractivity contribution is 5.93. The number of hydrogen-bond donors (Lipinski definition) is 1. The maximum Gasteiger partial charge on any atom is 0.255 e. The van der Waals surface area contributed by atoms with Crippen LogP contribution in [-0.4, -0.2) is 44.7 Å². The molecule has 6 heteroatoms. The van der Waals surface area contributed by atoms with Crippen LogP contribution in [0.15, 0.2) is 42.7 Å². The minimum atomic E-state index is 0.0766. The summed E-state index contributed by atoms with van der Waals surface area (Å²) >= 11 is 0. The van der Waals surface area contributed by atoms with Gasteiger partial charge in [-0.2, -0.15) is 5.10 Å². The van der Waals surface area contributed by atoms with Crippen LogP contribution in [0.3, 0.4) is 0 Å². The number of carbonyl (C=O) groups excluding carboxylic acids is 1. The number of piperidine rings is 1. The molecule has 4 rings (SSSR count). The predicted octanol–water partition coefficient (Wildman–Crippen LogP) is 2.67. The van der Waals surface area contributed by atoms with Gasteiger partial charge in [-0.1, -0.05) is 11.6 Å². The lowest BCUT2D eigenvalue weighted by Crippen LogP contribution is -2.44. The van der Waals surface area contributed by atoms with Gasteiger partial charge in [0.1, 0.15) is 0 Å². The molecule has 1 N–H and O–H groups in total.